The second kappa shape index (κ2) is 7.94. The molecule has 1 aromatic rings. The van der Waals surface area contributed by atoms with Crippen LogP contribution in [0.1, 0.15) is 37.7 Å². The number of carbonyl (C=O) groups is 3. The van der Waals surface area contributed by atoms with Crippen LogP contribution in [0.15, 0.2) is 30.3 Å². The molecule has 150 valence electrons. The summed E-state index contributed by atoms with van der Waals surface area (Å²) in [5, 5.41) is 0. The van der Waals surface area contributed by atoms with E-state index in [9.17, 15) is 14.4 Å². The predicted molar refractivity (Wildman–Crippen MR) is 105 cm³/mol. The van der Waals surface area contributed by atoms with E-state index in [-0.39, 0.29) is 35.5 Å². The molecule has 0 spiro atoms. The first-order valence-electron chi connectivity index (χ1n) is 10.4. The molecule has 3 fully saturated rings. The standard InChI is InChI=1S/C22H29N3O3/c1-16(26)23-9-11-24(12-10-23)22(28)20-13-19(17-5-3-2-4-6-17)14-25(15-20)21(27)18-7-8-18/h2-6,18-20H,7-15H2,1H3/t19-,20-/m0/s1. The molecule has 3 aliphatic rings. The maximum absolute atomic E-state index is 13.2. The molecule has 3 amide bonds. The van der Waals surface area contributed by atoms with Crippen molar-refractivity contribution in [3.05, 3.63) is 35.9 Å². The molecular formula is C22H29N3O3. The number of rotatable bonds is 3. The van der Waals surface area contributed by atoms with Gasteiger partial charge in [0.05, 0.1) is 5.92 Å². The van der Waals surface area contributed by atoms with Crippen LogP contribution in [-0.2, 0) is 14.4 Å². The SMILES string of the molecule is CC(=O)N1CCN(C(=O)[C@H]2C[C@H](c3ccccc3)CN(C(=O)C3CC3)C2)CC1. The van der Waals surface area contributed by atoms with Crippen molar-refractivity contribution in [3.63, 3.8) is 0 Å². The summed E-state index contributed by atoms with van der Waals surface area (Å²) in [5.41, 5.74) is 1.20. The number of benzene rings is 1. The van der Waals surface area contributed by atoms with E-state index in [0.717, 1.165) is 19.3 Å². The summed E-state index contributed by atoms with van der Waals surface area (Å²) < 4.78 is 0. The molecule has 1 saturated carbocycles. The van der Waals surface area contributed by atoms with Gasteiger partial charge in [0.1, 0.15) is 0 Å². The van der Waals surface area contributed by atoms with Crippen LogP contribution in [0.5, 0.6) is 0 Å². The molecule has 0 N–H and O–H groups in total. The van der Waals surface area contributed by atoms with Crippen LogP contribution in [-0.4, -0.2) is 71.7 Å². The molecule has 4 rings (SSSR count). The quantitative estimate of drug-likeness (QED) is 0.799. The average Bonchev–Trinajstić information content (AvgIpc) is 3.58. The van der Waals surface area contributed by atoms with Crippen molar-refractivity contribution in [1.29, 1.82) is 0 Å². The largest absolute Gasteiger partial charge is 0.341 e. The van der Waals surface area contributed by atoms with Crippen molar-refractivity contribution >= 4 is 17.7 Å². The molecular weight excluding hydrogens is 354 g/mol. The fourth-order valence-electron chi connectivity index (χ4n) is 4.51. The molecule has 28 heavy (non-hydrogen) atoms. The van der Waals surface area contributed by atoms with Gasteiger partial charge in [0.25, 0.3) is 0 Å². The normalized spacial score (nSPS) is 25.5. The van der Waals surface area contributed by atoms with Crippen LogP contribution in [0.2, 0.25) is 0 Å². The minimum absolute atomic E-state index is 0.0649. The Morgan fingerprint density at radius 1 is 0.786 bits per heavy atom. The number of hydrogen-bond acceptors (Lipinski definition) is 3. The van der Waals surface area contributed by atoms with Crippen molar-refractivity contribution in [2.24, 2.45) is 11.8 Å². The van der Waals surface area contributed by atoms with Crippen molar-refractivity contribution in [1.82, 2.24) is 14.7 Å². The number of nitrogens with zero attached hydrogens (tertiary/aromatic N) is 3. The summed E-state index contributed by atoms with van der Waals surface area (Å²) in [5.74, 6) is 0.632. The van der Waals surface area contributed by atoms with Crippen LogP contribution >= 0.6 is 0 Å². The first-order chi connectivity index (χ1) is 13.5. The number of piperidine rings is 1. The van der Waals surface area contributed by atoms with E-state index in [1.165, 1.54) is 5.56 Å². The van der Waals surface area contributed by atoms with Gasteiger partial charge < -0.3 is 14.7 Å². The smallest absolute Gasteiger partial charge is 0.227 e. The molecule has 6 heteroatoms. The average molecular weight is 383 g/mol. The Morgan fingerprint density at radius 2 is 1.39 bits per heavy atom. The summed E-state index contributed by atoms with van der Waals surface area (Å²) >= 11 is 0. The Hall–Kier alpha value is -2.37. The van der Waals surface area contributed by atoms with Gasteiger partial charge in [-0.05, 0) is 24.8 Å². The van der Waals surface area contributed by atoms with Gasteiger partial charge in [0.2, 0.25) is 17.7 Å². The van der Waals surface area contributed by atoms with Gasteiger partial charge in [-0.3, -0.25) is 14.4 Å². The van der Waals surface area contributed by atoms with E-state index in [2.05, 4.69) is 12.1 Å². The molecule has 0 bridgehead atoms. The summed E-state index contributed by atoms with van der Waals surface area (Å²) in [6, 6.07) is 10.2. The topological polar surface area (TPSA) is 60.9 Å². The van der Waals surface area contributed by atoms with Crippen LogP contribution in [0.3, 0.4) is 0 Å². The van der Waals surface area contributed by atoms with Gasteiger partial charge in [-0.15, -0.1) is 0 Å². The lowest BCUT2D eigenvalue weighted by atomic mass is 9.83. The van der Waals surface area contributed by atoms with Crippen molar-refractivity contribution in [2.75, 3.05) is 39.3 Å². The molecule has 0 radical (unpaired) electrons. The number of hydrogen-bond donors (Lipinski definition) is 0. The molecule has 2 saturated heterocycles. The van der Waals surface area contributed by atoms with Gasteiger partial charge in [-0.2, -0.15) is 0 Å². The fourth-order valence-corrected chi connectivity index (χ4v) is 4.51. The van der Waals surface area contributed by atoms with Crippen LogP contribution in [0.25, 0.3) is 0 Å². The predicted octanol–water partition coefficient (Wildman–Crippen LogP) is 1.72. The minimum Gasteiger partial charge on any atom is -0.341 e. The van der Waals surface area contributed by atoms with E-state index in [4.69, 9.17) is 0 Å². The monoisotopic (exact) mass is 383 g/mol. The highest BCUT2D eigenvalue weighted by atomic mass is 16.2. The molecule has 0 aromatic heterocycles. The zero-order valence-electron chi connectivity index (χ0n) is 16.5. The van der Waals surface area contributed by atoms with E-state index in [1.54, 1.807) is 11.8 Å². The number of amides is 3. The third-order valence-corrected chi connectivity index (χ3v) is 6.35. The third-order valence-electron chi connectivity index (χ3n) is 6.35. The zero-order chi connectivity index (χ0) is 19.7. The van der Waals surface area contributed by atoms with Crippen LogP contribution < -0.4 is 0 Å². The second-order valence-electron chi connectivity index (χ2n) is 8.39. The number of piperazine rings is 1. The Morgan fingerprint density at radius 3 is 2.00 bits per heavy atom. The molecule has 2 heterocycles. The third kappa shape index (κ3) is 4.05. The summed E-state index contributed by atoms with van der Waals surface area (Å²) in [7, 11) is 0. The van der Waals surface area contributed by atoms with Gasteiger partial charge in [-0.1, -0.05) is 30.3 Å². The van der Waals surface area contributed by atoms with Crippen molar-refractivity contribution in [3.8, 4) is 0 Å². The van der Waals surface area contributed by atoms with E-state index < -0.39 is 0 Å². The maximum Gasteiger partial charge on any atom is 0.227 e. The maximum atomic E-state index is 13.2. The first-order valence-corrected chi connectivity index (χ1v) is 10.4. The van der Waals surface area contributed by atoms with Gasteiger partial charge in [-0.25, -0.2) is 0 Å². The zero-order valence-corrected chi connectivity index (χ0v) is 16.5. The molecule has 1 aromatic carbocycles. The summed E-state index contributed by atoms with van der Waals surface area (Å²) in [4.78, 5) is 43.2. The van der Waals surface area contributed by atoms with E-state index in [1.807, 2.05) is 28.0 Å². The lowest BCUT2D eigenvalue weighted by Crippen LogP contribution is -2.54. The summed E-state index contributed by atoms with van der Waals surface area (Å²) in [6.45, 7) is 5.18. The molecule has 2 aliphatic heterocycles. The van der Waals surface area contributed by atoms with E-state index in [0.29, 0.717) is 39.3 Å². The Labute approximate surface area is 166 Å². The highest BCUT2D eigenvalue weighted by Gasteiger charge is 2.41. The second-order valence-corrected chi connectivity index (χ2v) is 8.39. The highest BCUT2D eigenvalue weighted by Crippen LogP contribution is 2.36. The molecule has 1 aliphatic carbocycles. The lowest BCUT2D eigenvalue weighted by Gasteiger charge is -2.41. The Bertz CT molecular complexity index is 739. The van der Waals surface area contributed by atoms with Gasteiger partial charge in [0.15, 0.2) is 0 Å². The number of carbonyl (C=O) groups excluding carboxylic acids is 3. The van der Waals surface area contributed by atoms with Gasteiger partial charge >= 0.3 is 0 Å². The minimum atomic E-state index is -0.162. The Balaban J connectivity index is 1.47. The van der Waals surface area contributed by atoms with Gasteiger partial charge in [0, 0.05) is 58.0 Å². The van der Waals surface area contributed by atoms with Crippen LogP contribution in [0.4, 0.5) is 0 Å². The Kier molecular flexibility index (Phi) is 5.38. The molecule has 2 atom stereocenters. The van der Waals surface area contributed by atoms with Crippen molar-refractivity contribution in [2.45, 2.75) is 32.1 Å². The first kappa shape index (κ1) is 19.0. The molecule has 6 nitrogen and oxygen atoms in total. The summed E-state index contributed by atoms with van der Waals surface area (Å²) in [6.07, 6.45) is 2.75. The highest BCUT2D eigenvalue weighted by molar-refractivity contribution is 5.84. The van der Waals surface area contributed by atoms with E-state index >= 15 is 0 Å². The van der Waals surface area contributed by atoms with Crippen molar-refractivity contribution < 1.29 is 14.4 Å². The fraction of sp³-hybridized carbons (Fsp3) is 0.591. The molecule has 0 unspecified atom stereocenters. The number of likely N-dealkylation sites (tertiary alicyclic amines) is 1. The lowest BCUT2D eigenvalue weighted by molar-refractivity contribution is -0.145. The van der Waals surface area contributed by atoms with Crippen LogP contribution in [0, 0.1) is 11.8 Å².